The van der Waals surface area contributed by atoms with Crippen molar-refractivity contribution in [3.8, 4) is 0 Å². The molecule has 0 aliphatic rings. The minimum absolute atomic E-state index is 0.146. The highest BCUT2D eigenvalue weighted by Crippen LogP contribution is 2.20. The maximum atomic E-state index is 13.3. The molecule has 15 heavy (non-hydrogen) atoms. The molecule has 0 spiro atoms. The van der Waals surface area contributed by atoms with Gasteiger partial charge in [-0.05, 0) is 25.1 Å². The topological polar surface area (TPSA) is 29.1 Å². The standard InChI is InChI=1S/C10H10Cl2FNO/c1-6(14-10(15)5-11)8-4-7(12)2-3-9(8)13/h2-4,6H,5H2,1H3,(H,14,15)/t6-/m1/s1. The summed E-state index contributed by atoms with van der Waals surface area (Å²) in [6.45, 7) is 1.67. The Bertz CT molecular complexity index is 370. The second-order valence-electron chi connectivity index (χ2n) is 3.09. The van der Waals surface area contributed by atoms with E-state index in [2.05, 4.69) is 5.32 Å². The van der Waals surface area contributed by atoms with E-state index in [1.165, 1.54) is 18.2 Å². The Morgan fingerprint density at radius 3 is 2.87 bits per heavy atom. The fourth-order valence-electron chi connectivity index (χ4n) is 1.20. The zero-order valence-corrected chi connectivity index (χ0v) is 9.57. The van der Waals surface area contributed by atoms with Crippen LogP contribution in [0.25, 0.3) is 0 Å². The van der Waals surface area contributed by atoms with Gasteiger partial charge in [-0.1, -0.05) is 11.6 Å². The SMILES string of the molecule is C[C@@H](NC(=O)CCl)c1cc(Cl)ccc1F. The first-order valence-electron chi connectivity index (χ1n) is 4.35. The second kappa shape index (κ2) is 5.33. The van der Waals surface area contributed by atoms with E-state index in [1.807, 2.05) is 0 Å². The number of hydrogen-bond donors (Lipinski definition) is 1. The third-order valence-corrected chi connectivity index (χ3v) is 2.40. The average molecular weight is 250 g/mol. The first kappa shape index (κ1) is 12.3. The van der Waals surface area contributed by atoms with E-state index >= 15 is 0 Å². The van der Waals surface area contributed by atoms with Crippen LogP contribution in [0.5, 0.6) is 0 Å². The molecular weight excluding hydrogens is 240 g/mol. The Kier molecular flexibility index (Phi) is 4.36. The van der Waals surface area contributed by atoms with Crippen molar-refractivity contribution in [1.82, 2.24) is 5.32 Å². The lowest BCUT2D eigenvalue weighted by Crippen LogP contribution is -2.28. The molecule has 5 heteroatoms. The molecule has 1 amide bonds. The monoisotopic (exact) mass is 249 g/mol. The Balaban J connectivity index is 2.85. The van der Waals surface area contributed by atoms with Crippen LogP contribution in [0.4, 0.5) is 4.39 Å². The van der Waals surface area contributed by atoms with Gasteiger partial charge in [0, 0.05) is 10.6 Å². The number of nitrogens with one attached hydrogen (secondary N) is 1. The van der Waals surface area contributed by atoms with Gasteiger partial charge in [0.05, 0.1) is 6.04 Å². The Labute approximate surface area is 97.4 Å². The van der Waals surface area contributed by atoms with Crippen molar-refractivity contribution in [3.05, 3.63) is 34.6 Å². The molecular formula is C10H10Cl2FNO. The van der Waals surface area contributed by atoms with E-state index in [9.17, 15) is 9.18 Å². The van der Waals surface area contributed by atoms with Gasteiger partial charge in [0.2, 0.25) is 5.91 Å². The van der Waals surface area contributed by atoms with Crippen LogP contribution in [0.2, 0.25) is 5.02 Å². The summed E-state index contributed by atoms with van der Waals surface area (Å²) in [5.74, 6) is -0.891. The van der Waals surface area contributed by atoms with E-state index in [0.29, 0.717) is 10.6 Å². The zero-order chi connectivity index (χ0) is 11.4. The summed E-state index contributed by atoms with van der Waals surface area (Å²) in [5.41, 5.74) is 0.348. The number of hydrogen-bond acceptors (Lipinski definition) is 1. The third kappa shape index (κ3) is 3.36. The quantitative estimate of drug-likeness (QED) is 0.821. The van der Waals surface area contributed by atoms with Gasteiger partial charge < -0.3 is 5.32 Å². The molecule has 82 valence electrons. The van der Waals surface area contributed by atoms with Crippen LogP contribution in [-0.4, -0.2) is 11.8 Å². The van der Waals surface area contributed by atoms with Crippen LogP contribution in [0, 0.1) is 5.82 Å². The van der Waals surface area contributed by atoms with Crippen molar-refractivity contribution < 1.29 is 9.18 Å². The molecule has 0 fully saturated rings. The van der Waals surface area contributed by atoms with Crippen molar-refractivity contribution in [2.75, 3.05) is 5.88 Å². The lowest BCUT2D eigenvalue weighted by atomic mass is 10.1. The Hall–Kier alpha value is -0.800. The number of carbonyl (C=O) groups excluding carboxylic acids is 1. The minimum Gasteiger partial charge on any atom is -0.348 e. The highest BCUT2D eigenvalue weighted by molar-refractivity contribution is 6.30. The number of rotatable bonds is 3. The first-order valence-corrected chi connectivity index (χ1v) is 5.26. The van der Waals surface area contributed by atoms with Crippen molar-refractivity contribution in [2.45, 2.75) is 13.0 Å². The van der Waals surface area contributed by atoms with Crippen molar-refractivity contribution in [1.29, 1.82) is 0 Å². The summed E-state index contributed by atoms with van der Waals surface area (Å²) in [5, 5.41) is 2.97. The smallest absolute Gasteiger partial charge is 0.235 e. The van der Waals surface area contributed by atoms with Crippen molar-refractivity contribution in [3.63, 3.8) is 0 Å². The van der Waals surface area contributed by atoms with Gasteiger partial charge in [-0.2, -0.15) is 0 Å². The molecule has 0 saturated carbocycles. The first-order chi connectivity index (χ1) is 7.04. The van der Waals surface area contributed by atoms with Gasteiger partial charge in [0.15, 0.2) is 0 Å². The summed E-state index contributed by atoms with van der Waals surface area (Å²) >= 11 is 11.0. The lowest BCUT2D eigenvalue weighted by Gasteiger charge is -2.14. The van der Waals surface area contributed by atoms with Gasteiger partial charge >= 0.3 is 0 Å². The number of halogens is 3. The van der Waals surface area contributed by atoms with Crippen LogP contribution >= 0.6 is 23.2 Å². The van der Waals surface area contributed by atoms with Crippen molar-refractivity contribution >= 4 is 29.1 Å². The van der Waals surface area contributed by atoms with Gasteiger partial charge in [-0.15, -0.1) is 11.6 Å². The second-order valence-corrected chi connectivity index (χ2v) is 3.79. The number of carbonyl (C=O) groups is 1. The fourth-order valence-corrected chi connectivity index (χ4v) is 1.46. The van der Waals surface area contributed by atoms with E-state index < -0.39 is 11.9 Å². The molecule has 1 aromatic carbocycles. The maximum Gasteiger partial charge on any atom is 0.235 e. The molecule has 1 N–H and O–H groups in total. The molecule has 0 aromatic heterocycles. The summed E-state index contributed by atoms with van der Waals surface area (Å²) in [7, 11) is 0. The normalized spacial score (nSPS) is 12.3. The molecule has 0 saturated heterocycles. The van der Waals surface area contributed by atoms with Gasteiger partial charge in [0.1, 0.15) is 11.7 Å². The van der Waals surface area contributed by atoms with E-state index in [0.717, 1.165) is 0 Å². The molecule has 0 aliphatic heterocycles. The van der Waals surface area contributed by atoms with Gasteiger partial charge in [0.25, 0.3) is 0 Å². The molecule has 2 nitrogen and oxygen atoms in total. The molecule has 1 atom stereocenters. The molecule has 1 aromatic rings. The number of amides is 1. The summed E-state index contributed by atoms with van der Waals surface area (Å²) < 4.78 is 13.3. The van der Waals surface area contributed by atoms with Crippen LogP contribution in [0.3, 0.4) is 0 Å². The summed E-state index contributed by atoms with van der Waals surface area (Å²) in [6, 6.07) is 3.75. The zero-order valence-electron chi connectivity index (χ0n) is 8.06. The lowest BCUT2D eigenvalue weighted by molar-refractivity contribution is -0.119. The number of benzene rings is 1. The van der Waals surface area contributed by atoms with Crippen LogP contribution < -0.4 is 5.32 Å². The Morgan fingerprint density at radius 2 is 2.27 bits per heavy atom. The summed E-state index contributed by atoms with van der Waals surface area (Å²) in [6.07, 6.45) is 0. The highest BCUT2D eigenvalue weighted by Gasteiger charge is 2.13. The Morgan fingerprint density at radius 1 is 1.60 bits per heavy atom. The molecule has 0 aliphatic carbocycles. The maximum absolute atomic E-state index is 13.3. The minimum atomic E-state index is -0.449. The van der Waals surface area contributed by atoms with Crippen molar-refractivity contribution in [2.24, 2.45) is 0 Å². The van der Waals surface area contributed by atoms with Crippen LogP contribution in [0.15, 0.2) is 18.2 Å². The van der Waals surface area contributed by atoms with E-state index in [-0.39, 0.29) is 11.8 Å². The molecule has 0 unspecified atom stereocenters. The van der Waals surface area contributed by atoms with Crippen LogP contribution in [-0.2, 0) is 4.79 Å². The number of alkyl halides is 1. The predicted octanol–water partition coefficient (Wildman–Crippen LogP) is 2.90. The fraction of sp³-hybridized carbons (Fsp3) is 0.300. The van der Waals surface area contributed by atoms with Gasteiger partial charge in [-0.25, -0.2) is 4.39 Å². The molecule has 0 heterocycles. The van der Waals surface area contributed by atoms with E-state index in [4.69, 9.17) is 23.2 Å². The largest absolute Gasteiger partial charge is 0.348 e. The van der Waals surface area contributed by atoms with E-state index in [1.54, 1.807) is 6.92 Å². The van der Waals surface area contributed by atoms with Gasteiger partial charge in [-0.3, -0.25) is 4.79 Å². The van der Waals surface area contributed by atoms with Crippen LogP contribution in [0.1, 0.15) is 18.5 Å². The third-order valence-electron chi connectivity index (χ3n) is 1.92. The molecule has 0 bridgehead atoms. The summed E-state index contributed by atoms with van der Waals surface area (Å²) in [4.78, 5) is 11.0. The molecule has 0 radical (unpaired) electrons. The highest BCUT2D eigenvalue weighted by atomic mass is 35.5. The predicted molar refractivity (Wildman–Crippen MR) is 58.7 cm³/mol. The molecule has 1 rings (SSSR count). The average Bonchev–Trinajstić information content (AvgIpc) is 2.21.